The quantitative estimate of drug-likeness (QED) is 0.828. The molecule has 0 bridgehead atoms. The van der Waals surface area contributed by atoms with Crippen LogP contribution in [0.3, 0.4) is 0 Å². The van der Waals surface area contributed by atoms with Crippen molar-refractivity contribution < 1.29 is 17.6 Å². The second kappa shape index (κ2) is 6.54. The number of rotatable bonds is 4. The topological polar surface area (TPSA) is 62.2 Å². The van der Waals surface area contributed by atoms with Crippen molar-refractivity contribution in [1.82, 2.24) is 9.21 Å². The van der Waals surface area contributed by atoms with E-state index in [-0.39, 0.29) is 11.0 Å². The van der Waals surface area contributed by atoms with Gasteiger partial charge in [0.2, 0.25) is 10.0 Å². The Balaban J connectivity index is 1.59. The predicted octanol–water partition coefficient (Wildman–Crippen LogP) is 1.30. The highest BCUT2D eigenvalue weighted by Gasteiger charge is 2.29. The third-order valence-electron chi connectivity index (χ3n) is 4.07. The Morgan fingerprint density at radius 2 is 1.87 bits per heavy atom. The SMILES string of the molecule is CC1CC(CN2CCN(S(=O)(=O)c3ccc(F)cc3)CC2)=NO1. The van der Waals surface area contributed by atoms with Gasteiger partial charge >= 0.3 is 0 Å². The first-order valence-electron chi connectivity index (χ1n) is 7.65. The average Bonchev–Trinajstić information content (AvgIpc) is 2.93. The number of sulfonamides is 1. The van der Waals surface area contributed by atoms with Gasteiger partial charge in [0.25, 0.3) is 0 Å². The molecule has 1 unspecified atom stereocenters. The Hall–Kier alpha value is -1.51. The number of benzene rings is 1. The number of halogens is 1. The van der Waals surface area contributed by atoms with E-state index in [2.05, 4.69) is 10.1 Å². The zero-order valence-electron chi connectivity index (χ0n) is 13.0. The molecule has 0 N–H and O–H groups in total. The minimum Gasteiger partial charge on any atom is -0.392 e. The van der Waals surface area contributed by atoms with Crippen LogP contribution in [0.5, 0.6) is 0 Å². The van der Waals surface area contributed by atoms with Crippen molar-refractivity contribution in [2.24, 2.45) is 5.16 Å². The Labute approximate surface area is 135 Å². The lowest BCUT2D eigenvalue weighted by molar-refractivity contribution is 0.0994. The molecule has 0 radical (unpaired) electrons. The molecule has 0 aromatic heterocycles. The van der Waals surface area contributed by atoms with E-state index in [9.17, 15) is 12.8 Å². The summed E-state index contributed by atoms with van der Waals surface area (Å²) in [5, 5.41) is 4.04. The predicted molar refractivity (Wildman–Crippen MR) is 84.2 cm³/mol. The van der Waals surface area contributed by atoms with Gasteiger partial charge in [-0.05, 0) is 31.2 Å². The highest BCUT2D eigenvalue weighted by Crippen LogP contribution is 2.18. The summed E-state index contributed by atoms with van der Waals surface area (Å²) in [4.78, 5) is 7.49. The third-order valence-corrected chi connectivity index (χ3v) is 5.99. The summed E-state index contributed by atoms with van der Waals surface area (Å²) in [6, 6.07) is 4.96. The van der Waals surface area contributed by atoms with Gasteiger partial charge in [0.15, 0.2) is 0 Å². The maximum absolute atomic E-state index is 13.0. The molecule has 2 heterocycles. The van der Waals surface area contributed by atoms with Gasteiger partial charge in [-0.2, -0.15) is 4.31 Å². The van der Waals surface area contributed by atoms with Gasteiger partial charge in [0.05, 0.1) is 10.6 Å². The normalized spacial score (nSPS) is 23.6. The highest BCUT2D eigenvalue weighted by molar-refractivity contribution is 7.89. The molecule has 2 aliphatic rings. The number of oxime groups is 1. The number of piperazine rings is 1. The molecule has 126 valence electrons. The fraction of sp³-hybridized carbons (Fsp3) is 0.533. The minimum atomic E-state index is -3.55. The van der Waals surface area contributed by atoms with Crippen molar-refractivity contribution in [3.05, 3.63) is 30.1 Å². The lowest BCUT2D eigenvalue weighted by atomic mass is 10.2. The largest absolute Gasteiger partial charge is 0.392 e. The summed E-state index contributed by atoms with van der Waals surface area (Å²) in [6.45, 7) is 4.83. The summed E-state index contributed by atoms with van der Waals surface area (Å²) in [5.41, 5.74) is 1.01. The molecule has 2 aliphatic heterocycles. The van der Waals surface area contributed by atoms with Gasteiger partial charge in [-0.25, -0.2) is 12.8 Å². The molecule has 1 aromatic rings. The molecule has 0 aliphatic carbocycles. The van der Waals surface area contributed by atoms with Crippen LogP contribution in [0.25, 0.3) is 0 Å². The molecule has 1 saturated heterocycles. The van der Waals surface area contributed by atoms with E-state index >= 15 is 0 Å². The second-order valence-corrected chi connectivity index (χ2v) is 7.85. The molecule has 8 heteroatoms. The van der Waals surface area contributed by atoms with E-state index in [1.807, 2.05) is 6.92 Å². The van der Waals surface area contributed by atoms with Gasteiger partial charge in [-0.1, -0.05) is 5.16 Å². The van der Waals surface area contributed by atoms with E-state index in [4.69, 9.17) is 4.84 Å². The lowest BCUT2D eigenvalue weighted by Gasteiger charge is -2.33. The fourth-order valence-corrected chi connectivity index (χ4v) is 4.23. The van der Waals surface area contributed by atoms with Crippen LogP contribution in [0.15, 0.2) is 34.3 Å². The summed E-state index contributed by atoms with van der Waals surface area (Å²) < 4.78 is 39.5. The zero-order valence-corrected chi connectivity index (χ0v) is 13.8. The summed E-state index contributed by atoms with van der Waals surface area (Å²) >= 11 is 0. The van der Waals surface area contributed by atoms with E-state index < -0.39 is 15.8 Å². The molecular weight excluding hydrogens is 321 g/mol. The third kappa shape index (κ3) is 3.70. The Morgan fingerprint density at radius 1 is 1.22 bits per heavy atom. The van der Waals surface area contributed by atoms with Crippen LogP contribution in [-0.4, -0.2) is 62.2 Å². The van der Waals surface area contributed by atoms with Crippen molar-refractivity contribution in [2.45, 2.75) is 24.3 Å². The average molecular weight is 341 g/mol. The molecule has 1 atom stereocenters. The minimum absolute atomic E-state index is 0.130. The van der Waals surface area contributed by atoms with Gasteiger partial charge < -0.3 is 4.84 Å². The monoisotopic (exact) mass is 341 g/mol. The first-order valence-corrected chi connectivity index (χ1v) is 9.09. The lowest BCUT2D eigenvalue weighted by Crippen LogP contribution is -2.49. The van der Waals surface area contributed by atoms with Crippen molar-refractivity contribution in [1.29, 1.82) is 0 Å². The van der Waals surface area contributed by atoms with Crippen LogP contribution in [0, 0.1) is 5.82 Å². The summed E-state index contributed by atoms with van der Waals surface area (Å²) in [7, 11) is -3.55. The molecule has 6 nitrogen and oxygen atoms in total. The van der Waals surface area contributed by atoms with Crippen molar-refractivity contribution in [3.8, 4) is 0 Å². The molecule has 1 fully saturated rings. The van der Waals surface area contributed by atoms with Crippen molar-refractivity contribution >= 4 is 15.7 Å². The summed E-state index contributed by atoms with van der Waals surface area (Å²) in [5.74, 6) is -0.442. The first kappa shape index (κ1) is 16.4. The Morgan fingerprint density at radius 3 is 2.43 bits per heavy atom. The van der Waals surface area contributed by atoms with E-state index in [1.54, 1.807) is 0 Å². The van der Waals surface area contributed by atoms with E-state index in [0.29, 0.717) is 26.2 Å². The number of hydrogen-bond acceptors (Lipinski definition) is 5. The maximum Gasteiger partial charge on any atom is 0.243 e. The van der Waals surface area contributed by atoms with Gasteiger partial charge in [-0.15, -0.1) is 0 Å². The van der Waals surface area contributed by atoms with Gasteiger partial charge in [0, 0.05) is 39.1 Å². The van der Waals surface area contributed by atoms with Crippen LogP contribution >= 0.6 is 0 Å². The number of nitrogens with zero attached hydrogens (tertiary/aromatic N) is 3. The smallest absolute Gasteiger partial charge is 0.243 e. The molecule has 0 amide bonds. The molecule has 23 heavy (non-hydrogen) atoms. The zero-order chi connectivity index (χ0) is 16.4. The van der Waals surface area contributed by atoms with E-state index in [0.717, 1.165) is 18.7 Å². The van der Waals surface area contributed by atoms with Crippen LogP contribution in [-0.2, 0) is 14.9 Å². The van der Waals surface area contributed by atoms with Crippen molar-refractivity contribution in [2.75, 3.05) is 32.7 Å². The van der Waals surface area contributed by atoms with Crippen LogP contribution in [0.4, 0.5) is 4.39 Å². The maximum atomic E-state index is 13.0. The standard InChI is InChI=1S/C15H20FN3O3S/c1-12-10-14(17-22-12)11-18-6-8-19(9-7-18)23(20,21)15-4-2-13(16)3-5-15/h2-5,12H,6-11H2,1H3. The Bertz CT molecular complexity index is 682. The Kier molecular flexibility index (Phi) is 4.65. The van der Waals surface area contributed by atoms with Gasteiger partial charge in [-0.3, -0.25) is 4.90 Å². The molecule has 0 saturated carbocycles. The van der Waals surface area contributed by atoms with E-state index in [1.165, 1.54) is 28.6 Å². The first-order chi connectivity index (χ1) is 10.9. The molecule has 1 aromatic carbocycles. The fourth-order valence-electron chi connectivity index (χ4n) is 2.81. The van der Waals surface area contributed by atoms with Crippen LogP contribution < -0.4 is 0 Å². The van der Waals surface area contributed by atoms with Crippen LogP contribution in [0.2, 0.25) is 0 Å². The molecular formula is C15H20FN3O3S. The summed E-state index contributed by atoms with van der Waals surface area (Å²) in [6.07, 6.45) is 0.957. The highest BCUT2D eigenvalue weighted by atomic mass is 32.2. The second-order valence-electron chi connectivity index (χ2n) is 5.91. The molecule has 3 rings (SSSR count). The van der Waals surface area contributed by atoms with Crippen molar-refractivity contribution in [3.63, 3.8) is 0 Å². The number of hydrogen-bond donors (Lipinski definition) is 0. The van der Waals surface area contributed by atoms with Crippen LogP contribution in [0.1, 0.15) is 13.3 Å². The molecule has 0 spiro atoms. The van der Waals surface area contributed by atoms with Gasteiger partial charge in [0.1, 0.15) is 11.9 Å².